The Hall–Kier alpha value is -0.958. The van der Waals surface area contributed by atoms with E-state index in [2.05, 4.69) is 60.6 Å². The van der Waals surface area contributed by atoms with E-state index in [0.717, 1.165) is 19.3 Å². The Morgan fingerprint density at radius 3 is 1.74 bits per heavy atom. The summed E-state index contributed by atoms with van der Waals surface area (Å²) in [6.45, 7) is 17.2. The van der Waals surface area contributed by atoms with E-state index in [-0.39, 0.29) is 19.4 Å². The zero-order valence-corrected chi connectivity index (χ0v) is 21.3. The van der Waals surface area contributed by atoms with Gasteiger partial charge in [-0.1, -0.05) is 72.3 Å². The fraction of sp³-hybridized carbons (Fsp3) is 0.800. The average molecular weight is 479 g/mol. The van der Waals surface area contributed by atoms with Crippen LogP contribution in [0.4, 0.5) is 0 Å². The molecule has 0 aromatic carbocycles. The monoisotopic (exact) mass is 478 g/mol. The van der Waals surface area contributed by atoms with Crippen molar-refractivity contribution in [1.29, 1.82) is 0 Å². The van der Waals surface area contributed by atoms with Gasteiger partial charge in [0.1, 0.15) is 5.78 Å². The molecule has 0 radical (unpaired) electrons. The Labute approximate surface area is 194 Å². The first kappa shape index (κ1) is 32.2. The number of carbonyl (C=O) groups excluding carboxylic acids is 1. The summed E-state index contributed by atoms with van der Waals surface area (Å²) in [6, 6.07) is 0. The zero-order valence-electron chi connectivity index (χ0n) is 20.0. The first-order valence-electron chi connectivity index (χ1n) is 11.2. The third kappa shape index (κ3) is 11.5. The van der Waals surface area contributed by atoms with Crippen LogP contribution in [0.1, 0.15) is 88.5 Å². The average Bonchev–Trinajstić information content (AvgIpc) is 2.59. The third-order valence-corrected chi connectivity index (χ3v) is 6.41. The molecule has 31 heavy (non-hydrogen) atoms. The molecule has 2 aliphatic rings. The van der Waals surface area contributed by atoms with E-state index in [0.29, 0.717) is 41.8 Å². The number of carbonyl (C=O) groups is 1. The van der Waals surface area contributed by atoms with Crippen molar-refractivity contribution in [3.63, 3.8) is 0 Å². The van der Waals surface area contributed by atoms with Crippen molar-refractivity contribution >= 4 is 5.78 Å². The van der Waals surface area contributed by atoms with Gasteiger partial charge < -0.3 is 5.11 Å². The molecule has 2 aliphatic carbocycles. The van der Waals surface area contributed by atoms with Gasteiger partial charge in [0, 0.05) is 12.3 Å². The fourth-order valence-corrected chi connectivity index (χ4v) is 5.41. The van der Waals surface area contributed by atoms with Gasteiger partial charge in [-0.15, -0.1) is 0 Å². The molecular weight excluding hydrogens is 432 g/mol. The number of aliphatic hydroxyl groups excluding tert-OH is 1. The quantitative estimate of drug-likeness (QED) is 0.467. The number of hydrogen-bond donors (Lipinski definition) is 1. The molecule has 0 spiro atoms. The van der Waals surface area contributed by atoms with Crippen molar-refractivity contribution < 1.29 is 35.3 Å². The second kappa shape index (κ2) is 15.8. The van der Waals surface area contributed by atoms with Gasteiger partial charge in [0.15, 0.2) is 0 Å². The molecule has 2 rings (SSSR count). The topological polar surface area (TPSA) is 88.5 Å². The number of Topliss-reactive ketones (excluding diaryl/α,β-unsaturated/α-hetero) is 1. The van der Waals surface area contributed by atoms with Crippen molar-refractivity contribution in [1.82, 2.24) is 0 Å². The van der Waals surface area contributed by atoms with Crippen LogP contribution in [0, 0.1) is 35.5 Å². The van der Waals surface area contributed by atoms with Crippen LogP contribution in [0.3, 0.4) is 0 Å². The van der Waals surface area contributed by atoms with Crippen LogP contribution in [0.5, 0.6) is 0 Å². The zero-order chi connectivity index (χ0) is 23.6. The van der Waals surface area contributed by atoms with Crippen molar-refractivity contribution in [3.05, 3.63) is 23.3 Å². The van der Waals surface area contributed by atoms with Crippen molar-refractivity contribution in [2.24, 2.45) is 35.5 Å². The molecule has 0 bridgehead atoms. The molecule has 7 unspecified atom stereocenters. The number of hydrogen-bond acceptors (Lipinski definition) is 5. The number of allylic oxidation sites excluding steroid dienone is 4. The Bertz CT molecular complexity index is 700. The van der Waals surface area contributed by atoms with Crippen LogP contribution >= 0.6 is 0 Å². The Kier molecular flexibility index (Phi) is 16.4. The van der Waals surface area contributed by atoms with Crippen molar-refractivity contribution in [2.75, 3.05) is 0 Å². The summed E-state index contributed by atoms with van der Waals surface area (Å²) in [6.07, 6.45) is 8.29. The SMILES string of the molecule is C.CCC(=O)C1C(C)C=C(C)CC1C.CCC(O)C1C(C)C=C(C)CC1C.[O]=[Cr](=[O])=[O]. The summed E-state index contributed by atoms with van der Waals surface area (Å²) < 4.78 is 25.6. The van der Waals surface area contributed by atoms with Gasteiger partial charge in [-0.2, -0.15) is 0 Å². The molecular formula is C25H46CrO5. The van der Waals surface area contributed by atoms with E-state index < -0.39 is 14.0 Å². The van der Waals surface area contributed by atoms with E-state index >= 15 is 0 Å². The minimum absolute atomic E-state index is 0. The summed E-state index contributed by atoms with van der Waals surface area (Å²) in [5.41, 5.74) is 2.93. The van der Waals surface area contributed by atoms with Gasteiger partial charge in [0.2, 0.25) is 0 Å². The molecule has 5 nitrogen and oxygen atoms in total. The van der Waals surface area contributed by atoms with E-state index in [1.807, 2.05) is 6.92 Å². The van der Waals surface area contributed by atoms with Crippen molar-refractivity contribution in [3.8, 4) is 0 Å². The van der Waals surface area contributed by atoms with Crippen LogP contribution in [0.25, 0.3) is 0 Å². The van der Waals surface area contributed by atoms with Gasteiger partial charge in [-0.3, -0.25) is 4.79 Å². The van der Waals surface area contributed by atoms with Gasteiger partial charge in [-0.05, 0) is 62.7 Å². The summed E-state index contributed by atoms with van der Waals surface area (Å²) >= 11 is -3.79. The summed E-state index contributed by atoms with van der Waals surface area (Å²) in [7, 11) is 0. The molecule has 7 atom stereocenters. The number of ketones is 1. The molecule has 0 fully saturated rings. The molecule has 0 saturated carbocycles. The normalized spacial score (nSPS) is 30.6. The second-order valence-electron chi connectivity index (χ2n) is 9.21. The molecule has 1 N–H and O–H groups in total. The fourth-order valence-electron chi connectivity index (χ4n) is 5.41. The number of aliphatic hydroxyl groups is 1. The standard InChI is InChI=1S/C12H22O.C12H20O.CH4.Cr.3O/c2*1-5-11(13)12-9(3)6-8(2)7-10(12)4;;;;;/h6,9-13H,5,7H2,1-4H3;6,9-10,12H,5,7H2,1-4H3;1H4;;;;. The Morgan fingerprint density at radius 1 is 0.968 bits per heavy atom. The predicted octanol–water partition coefficient (Wildman–Crippen LogP) is 6.48. The molecule has 0 aromatic heterocycles. The first-order valence-corrected chi connectivity index (χ1v) is 12.7. The summed E-state index contributed by atoms with van der Waals surface area (Å²) in [5, 5.41) is 9.88. The van der Waals surface area contributed by atoms with Gasteiger partial charge in [0.05, 0.1) is 6.10 Å². The molecule has 0 aliphatic heterocycles. The molecule has 6 heteroatoms. The van der Waals surface area contributed by atoms with Gasteiger partial charge >= 0.3 is 25.4 Å². The maximum atomic E-state index is 11.7. The second-order valence-corrected chi connectivity index (χ2v) is 9.85. The van der Waals surface area contributed by atoms with Crippen LogP contribution in [0.15, 0.2) is 23.3 Å². The van der Waals surface area contributed by atoms with Gasteiger partial charge in [-0.25, -0.2) is 0 Å². The molecule has 0 aromatic rings. The van der Waals surface area contributed by atoms with E-state index in [1.54, 1.807) is 0 Å². The van der Waals surface area contributed by atoms with E-state index in [1.165, 1.54) is 11.1 Å². The predicted molar refractivity (Wildman–Crippen MR) is 121 cm³/mol. The van der Waals surface area contributed by atoms with Crippen LogP contribution < -0.4 is 0 Å². The van der Waals surface area contributed by atoms with Gasteiger partial charge in [0.25, 0.3) is 0 Å². The Morgan fingerprint density at radius 2 is 1.39 bits per heavy atom. The summed E-state index contributed by atoms with van der Waals surface area (Å²) in [4.78, 5) is 11.7. The summed E-state index contributed by atoms with van der Waals surface area (Å²) in [5.74, 6) is 3.32. The molecule has 182 valence electrons. The molecule has 0 amide bonds. The molecule has 0 saturated heterocycles. The maximum absolute atomic E-state index is 11.7. The molecule has 0 heterocycles. The number of rotatable bonds is 4. The van der Waals surface area contributed by atoms with E-state index in [4.69, 9.17) is 11.4 Å². The Balaban J connectivity index is 0. The van der Waals surface area contributed by atoms with Crippen LogP contribution in [-0.4, -0.2) is 17.0 Å². The third-order valence-electron chi connectivity index (χ3n) is 6.41. The van der Waals surface area contributed by atoms with Crippen LogP contribution in [-0.2, 0) is 30.2 Å². The van der Waals surface area contributed by atoms with Crippen LogP contribution in [0.2, 0.25) is 0 Å². The van der Waals surface area contributed by atoms with Crippen molar-refractivity contribution in [2.45, 2.75) is 94.6 Å². The first-order chi connectivity index (χ1) is 13.8. The van der Waals surface area contributed by atoms with E-state index in [9.17, 15) is 9.90 Å². The minimum atomic E-state index is -3.79.